The summed E-state index contributed by atoms with van der Waals surface area (Å²) in [4.78, 5) is 10.8. The summed E-state index contributed by atoms with van der Waals surface area (Å²) < 4.78 is 0.851. The van der Waals surface area contributed by atoms with E-state index in [1.54, 1.807) is 12.1 Å². The summed E-state index contributed by atoms with van der Waals surface area (Å²) in [6.45, 7) is 2.98. The van der Waals surface area contributed by atoms with Gasteiger partial charge in [0.05, 0.1) is 5.56 Å². The number of carboxylic acid groups (broad SMARTS) is 1. The molecule has 0 aromatic heterocycles. The molecule has 16 heavy (non-hydrogen) atoms. The summed E-state index contributed by atoms with van der Waals surface area (Å²) in [5.74, 6) is -0.894. The molecule has 0 atom stereocenters. The molecule has 0 saturated heterocycles. The summed E-state index contributed by atoms with van der Waals surface area (Å²) in [7, 11) is 0. The first-order valence-corrected chi connectivity index (χ1v) is 6.06. The molecule has 0 radical (unpaired) electrons. The average Bonchev–Trinajstić information content (AvgIpc) is 2.95. The van der Waals surface area contributed by atoms with Crippen molar-refractivity contribution in [3.8, 4) is 0 Å². The number of aromatic carboxylic acids is 1. The quantitative estimate of drug-likeness (QED) is 0.893. The lowest BCUT2D eigenvalue weighted by Gasteiger charge is -2.12. The molecule has 1 saturated carbocycles. The largest absolute Gasteiger partial charge is 0.478 e. The van der Waals surface area contributed by atoms with Gasteiger partial charge in [-0.1, -0.05) is 22.0 Å². The van der Waals surface area contributed by atoms with Gasteiger partial charge in [-0.15, -0.1) is 0 Å². The van der Waals surface area contributed by atoms with Crippen molar-refractivity contribution in [1.29, 1.82) is 0 Å². The Morgan fingerprint density at radius 1 is 1.56 bits per heavy atom. The van der Waals surface area contributed by atoms with Crippen LogP contribution in [0.25, 0.3) is 0 Å². The van der Waals surface area contributed by atoms with Crippen molar-refractivity contribution < 1.29 is 9.90 Å². The van der Waals surface area contributed by atoms with Gasteiger partial charge in [-0.3, -0.25) is 0 Å². The topological polar surface area (TPSA) is 49.3 Å². The van der Waals surface area contributed by atoms with E-state index in [2.05, 4.69) is 28.2 Å². The van der Waals surface area contributed by atoms with Gasteiger partial charge in [-0.25, -0.2) is 4.79 Å². The highest BCUT2D eigenvalue weighted by Crippen LogP contribution is 2.34. The second kappa shape index (κ2) is 4.18. The zero-order valence-electron chi connectivity index (χ0n) is 9.09. The summed E-state index contributed by atoms with van der Waals surface area (Å²) in [6, 6.07) is 5.14. The summed E-state index contributed by atoms with van der Waals surface area (Å²) in [5.41, 5.74) is 1.71. The summed E-state index contributed by atoms with van der Waals surface area (Å²) in [6.07, 6.45) is 2.44. The van der Waals surface area contributed by atoms with E-state index in [1.807, 2.05) is 6.07 Å². The fourth-order valence-corrected chi connectivity index (χ4v) is 2.02. The van der Waals surface area contributed by atoms with Gasteiger partial charge >= 0.3 is 5.97 Å². The first-order chi connectivity index (χ1) is 7.50. The molecule has 0 bridgehead atoms. The molecule has 1 aliphatic rings. The molecule has 4 heteroatoms. The van der Waals surface area contributed by atoms with Crippen molar-refractivity contribution in [1.82, 2.24) is 5.32 Å². The van der Waals surface area contributed by atoms with Crippen molar-refractivity contribution in [3.05, 3.63) is 33.8 Å². The number of nitrogens with one attached hydrogen (secondary N) is 1. The summed E-state index contributed by atoms with van der Waals surface area (Å²) >= 11 is 3.40. The van der Waals surface area contributed by atoms with Crippen LogP contribution in [0.5, 0.6) is 0 Å². The first kappa shape index (κ1) is 11.6. The molecular formula is C12H14BrNO2. The number of hydrogen-bond donors (Lipinski definition) is 2. The maximum Gasteiger partial charge on any atom is 0.335 e. The van der Waals surface area contributed by atoms with Crippen LogP contribution in [0, 0.1) is 0 Å². The first-order valence-electron chi connectivity index (χ1n) is 5.27. The minimum atomic E-state index is -0.894. The fraction of sp³-hybridized carbons (Fsp3) is 0.417. The van der Waals surface area contributed by atoms with Gasteiger partial charge in [0.25, 0.3) is 0 Å². The van der Waals surface area contributed by atoms with Gasteiger partial charge in [-0.2, -0.15) is 0 Å². The van der Waals surface area contributed by atoms with Gasteiger partial charge in [0.15, 0.2) is 0 Å². The van der Waals surface area contributed by atoms with Gasteiger partial charge in [0, 0.05) is 16.6 Å². The van der Waals surface area contributed by atoms with E-state index in [4.69, 9.17) is 5.11 Å². The smallest absolute Gasteiger partial charge is 0.335 e. The van der Waals surface area contributed by atoms with E-state index in [-0.39, 0.29) is 0 Å². The SMILES string of the molecule is CC1(NCc2ccc(C(=O)O)cc2Br)CC1. The standard InChI is InChI=1S/C12H14BrNO2/c1-12(4-5-12)14-7-9-3-2-8(11(15)16)6-10(9)13/h2-3,6,14H,4-5,7H2,1H3,(H,15,16). The molecule has 0 spiro atoms. The molecular weight excluding hydrogens is 270 g/mol. The van der Waals surface area contributed by atoms with Crippen molar-refractivity contribution in [2.75, 3.05) is 0 Å². The third-order valence-electron chi connectivity index (χ3n) is 3.01. The Kier molecular flexibility index (Phi) is 3.04. The van der Waals surface area contributed by atoms with Gasteiger partial charge in [-0.05, 0) is 37.5 Å². The van der Waals surface area contributed by atoms with Crippen LogP contribution in [0.15, 0.2) is 22.7 Å². The molecule has 0 heterocycles. The zero-order chi connectivity index (χ0) is 11.8. The highest BCUT2D eigenvalue weighted by atomic mass is 79.9. The summed E-state index contributed by atoms with van der Waals surface area (Å²) in [5, 5.41) is 12.3. The van der Waals surface area contributed by atoms with Crippen LogP contribution in [0.4, 0.5) is 0 Å². The van der Waals surface area contributed by atoms with Gasteiger partial charge in [0.2, 0.25) is 0 Å². The third kappa shape index (κ3) is 2.62. The molecule has 3 nitrogen and oxygen atoms in total. The van der Waals surface area contributed by atoms with E-state index in [9.17, 15) is 4.79 Å². The van der Waals surface area contributed by atoms with E-state index in [1.165, 1.54) is 12.8 Å². The van der Waals surface area contributed by atoms with Crippen LogP contribution >= 0.6 is 15.9 Å². The van der Waals surface area contributed by atoms with Crippen molar-refractivity contribution >= 4 is 21.9 Å². The van der Waals surface area contributed by atoms with Gasteiger partial charge < -0.3 is 10.4 Å². The normalized spacial score (nSPS) is 17.1. The number of hydrogen-bond acceptors (Lipinski definition) is 2. The number of carbonyl (C=O) groups is 1. The molecule has 1 aliphatic carbocycles. The number of rotatable bonds is 4. The van der Waals surface area contributed by atoms with Crippen LogP contribution in [-0.4, -0.2) is 16.6 Å². The Morgan fingerprint density at radius 2 is 2.25 bits per heavy atom. The molecule has 1 aromatic rings. The average molecular weight is 284 g/mol. The van der Waals surface area contributed by atoms with E-state index < -0.39 is 5.97 Å². The van der Waals surface area contributed by atoms with Gasteiger partial charge in [0.1, 0.15) is 0 Å². The van der Waals surface area contributed by atoms with E-state index in [0.29, 0.717) is 11.1 Å². The Labute approximate surface area is 103 Å². The van der Waals surface area contributed by atoms with Crippen molar-refractivity contribution in [2.24, 2.45) is 0 Å². The van der Waals surface area contributed by atoms with Crippen LogP contribution in [0.2, 0.25) is 0 Å². The van der Waals surface area contributed by atoms with E-state index in [0.717, 1.165) is 16.6 Å². The highest BCUT2D eigenvalue weighted by molar-refractivity contribution is 9.10. The fourth-order valence-electron chi connectivity index (χ4n) is 1.50. The lowest BCUT2D eigenvalue weighted by atomic mass is 10.1. The Hall–Kier alpha value is -0.870. The molecule has 0 aliphatic heterocycles. The Bertz CT molecular complexity index is 427. The Morgan fingerprint density at radius 3 is 2.75 bits per heavy atom. The van der Waals surface area contributed by atoms with Crippen molar-refractivity contribution in [2.45, 2.75) is 31.8 Å². The minimum Gasteiger partial charge on any atom is -0.478 e. The van der Waals surface area contributed by atoms with Crippen LogP contribution in [0.1, 0.15) is 35.7 Å². The monoisotopic (exact) mass is 283 g/mol. The minimum absolute atomic E-state index is 0.297. The molecule has 1 aromatic carbocycles. The molecule has 0 amide bonds. The number of carboxylic acids is 1. The molecule has 0 unspecified atom stereocenters. The van der Waals surface area contributed by atoms with Crippen LogP contribution in [0.3, 0.4) is 0 Å². The lowest BCUT2D eigenvalue weighted by molar-refractivity contribution is 0.0697. The van der Waals surface area contributed by atoms with Crippen molar-refractivity contribution in [3.63, 3.8) is 0 Å². The number of benzene rings is 1. The maximum absolute atomic E-state index is 10.8. The predicted octanol–water partition coefficient (Wildman–Crippen LogP) is 2.79. The second-order valence-electron chi connectivity index (χ2n) is 4.53. The van der Waals surface area contributed by atoms with E-state index >= 15 is 0 Å². The van der Waals surface area contributed by atoms with Crippen LogP contribution < -0.4 is 5.32 Å². The maximum atomic E-state index is 10.8. The highest BCUT2D eigenvalue weighted by Gasteiger charge is 2.36. The zero-order valence-corrected chi connectivity index (χ0v) is 10.7. The second-order valence-corrected chi connectivity index (χ2v) is 5.38. The molecule has 2 N–H and O–H groups in total. The third-order valence-corrected chi connectivity index (χ3v) is 3.74. The van der Waals surface area contributed by atoms with Crippen LogP contribution in [-0.2, 0) is 6.54 Å². The molecule has 1 fully saturated rings. The number of halogens is 1. The predicted molar refractivity (Wildman–Crippen MR) is 65.6 cm³/mol. The molecule has 2 rings (SSSR count). The molecule has 86 valence electrons. The lowest BCUT2D eigenvalue weighted by Crippen LogP contribution is -2.27. The Balaban J connectivity index is 2.07.